The number of nitrogens with one attached hydrogen (secondary N) is 1. The van der Waals surface area contributed by atoms with Gasteiger partial charge < -0.3 is 10.4 Å². The average Bonchev–Trinajstić information content (AvgIpc) is 2.81. The number of likely N-dealkylation sites (tertiary alicyclic amines) is 1. The van der Waals surface area contributed by atoms with E-state index in [4.69, 9.17) is 11.6 Å². The van der Waals surface area contributed by atoms with E-state index < -0.39 is 5.97 Å². The largest absolute Gasteiger partial charge is 0.481 e. The minimum Gasteiger partial charge on any atom is -0.481 e. The average molecular weight is 479 g/mol. The van der Waals surface area contributed by atoms with Gasteiger partial charge in [-0.1, -0.05) is 29.8 Å². The van der Waals surface area contributed by atoms with Crippen LogP contribution in [-0.4, -0.2) is 29.1 Å². The quantitative estimate of drug-likeness (QED) is 0.476. The molecule has 2 N–H and O–H groups in total. The Hall–Kier alpha value is -2.04. The number of anilines is 2. The summed E-state index contributed by atoms with van der Waals surface area (Å²) in [5.41, 5.74) is 5.02. The lowest BCUT2D eigenvalue weighted by Gasteiger charge is -2.57. The summed E-state index contributed by atoms with van der Waals surface area (Å²) < 4.78 is 0. The number of hydrogen-bond acceptors (Lipinski definition) is 3. The van der Waals surface area contributed by atoms with Crippen molar-refractivity contribution in [3.8, 4) is 0 Å². The number of hydrogen-bond donors (Lipinski definition) is 2. The van der Waals surface area contributed by atoms with Crippen molar-refractivity contribution in [1.82, 2.24) is 4.90 Å². The maximum Gasteiger partial charge on any atom is 0.307 e. The van der Waals surface area contributed by atoms with Crippen molar-refractivity contribution < 1.29 is 9.90 Å². The van der Waals surface area contributed by atoms with Crippen LogP contribution in [0.4, 0.5) is 11.4 Å². The predicted octanol–water partition coefficient (Wildman–Crippen LogP) is 6.85. The highest BCUT2D eigenvalue weighted by Gasteiger charge is 2.51. The minimum atomic E-state index is -0.671. The van der Waals surface area contributed by atoms with Gasteiger partial charge in [0, 0.05) is 18.8 Å². The first-order valence-corrected chi connectivity index (χ1v) is 13.4. The Balaban J connectivity index is 1.11. The molecule has 4 bridgehead atoms. The highest BCUT2D eigenvalue weighted by atomic mass is 35.5. The van der Waals surface area contributed by atoms with Crippen LogP contribution in [0.1, 0.15) is 62.5 Å². The Morgan fingerprint density at radius 3 is 2.32 bits per heavy atom. The van der Waals surface area contributed by atoms with Crippen LogP contribution in [0.2, 0.25) is 5.02 Å². The third-order valence-corrected chi connectivity index (χ3v) is 9.43. The minimum absolute atomic E-state index is 0.238. The molecule has 34 heavy (non-hydrogen) atoms. The van der Waals surface area contributed by atoms with E-state index in [1.807, 2.05) is 0 Å². The molecular formula is C29H35ClN2O2. The first kappa shape index (κ1) is 22.4. The van der Waals surface area contributed by atoms with E-state index in [0.717, 1.165) is 60.1 Å². The smallest absolute Gasteiger partial charge is 0.307 e. The van der Waals surface area contributed by atoms with Crippen LogP contribution < -0.4 is 5.32 Å². The zero-order chi connectivity index (χ0) is 23.3. The van der Waals surface area contributed by atoms with Gasteiger partial charge in [0.05, 0.1) is 16.6 Å². The summed E-state index contributed by atoms with van der Waals surface area (Å²) in [6, 6.07) is 15.2. The Morgan fingerprint density at radius 1 is 1.03 bits per heavy atom. The van der Waals surface area contributed by atoms with Crippen molar-refractivity contribution in [2.45, 2.75) is 63.3 Å². The molecule has 180 valence electrons. The molecule has 5 aliphatic rings. The number of benzene rings is 2. The fourth-order valence-electron chi connectivity index (χ4n) is 7.92. The molecule has 0 amide bonds. The standard InChI is InChI=1S/C29H35ClN2O2/c30-26-13-24(29-14-20-10-21(15-29)12-22(11-20)16-29)5-8-27(26)31-25-6-3-19(4-7-25)17-32-9-1-2-23(18-32)28(33)34/h3-8,13,20-23,31H,1-2,9-12,14-18H2,(H,33,34). The monoisotopic (exact) mass is 478 g/mol. The molecule has 7 rings (SSSR count). The Morgan fingerprint density at radius 2 is 1.71 bits per heavy atom. The van der Waals surface area contributed by atoms with E-state index in [-0.39, 0.29) is 5.92 Å². The molecule has 0 aromatic heterocycles. The number of aliphatic carboxylic acids is 1. The van der Waals surface area contributed by atoms with E-state index in [9.17, 15) is 9.90 Å². The Bertz CT molecular complexity index is 1030. The van der Waals surface area contributed by atoms with Gasteiger partial charge >= 0.3 is 5.97 Å². The maximum absolute atomic E-state index is 11.3. The third-order valence-electron chi connectivity index (χ3n) is 9.11. The zero-order valence-corrected chi connectivity index (χ0v) is 20.6. The van der Waals surface area contributed by atoms with Crippen molar-refractivity contribution in [3.63, 3.8) is 0 Å². The van der Waals surface area contributed by atoms with Crippen LogP contribution in [0.5, 0.6) is 0 Å². The molecular weight excluding hydrogens is 444 g/mol. The summed E-state index contributed by atoms with van der Waals surface area (Å²) in [4.78, 5) is 13.6. The number of halogens is 1. The van der Waals surface area contributed by atoms with Gasteiger partial charge in [0.15, 0.2) is 0 Å². The third kappa shape index (κ3) is 4.35. The lowest BCUT2D eigenvalue weighted by atomic mass is 9.48. The Kier molecular flexibility index (Phi) is 5.85. The second kappa shape index (κ2) is 8.87. The van der Waals surface area contributed by atoms with Gasteiger partial charge in [-0.15, -0.1) is 0 Å². The highest BCUT2D eigenvalue weighted by molar-refractivity contribution is 6.33. The van der Waals surface area contributed by atoms with Crippen molar-refractivity contribution in [2.24, 2.45) is 23.7 Å². The SMILES string of the molecule is O=C(O)C1CCCN(Cc2ccc(Nc3ccc(C45CC6CC(CC(C6)C4)C5)cc3Cl)cc2)C1. The van der Waals surface area contributed by atoms with Gasteiger partial charge in [0.25, 0.3) is 0 Å². The summed E-state index contributed by atoms with van der Waals surface area (Å²) in [6.45, 7) is 2.40. The van der Waals surface area contributed by atoms with Crippen LogP contribution in [0.15, 0.2) is 42.5 Å². The van der Waals surface area contributed by atoms with E-state index in [1.54, 1.807) is 0 Å². The number of piperidine rings is 1. The second-order valence-electron chi connectivity index (χ2n) is 11.6. The molecule has 1 atom stereocenters. The first-order valence-electron chi connectivity index (χ1n) is 13.1. The van der Waals surface area contributed by atoms with E-state index >= 15 is 0 Å². The molecule has 1 heterocycles. The van der Waals surface area contributed by atoms with Gasteiger partial charge in [0.1, 0.15) is 0 Å². The van der Waals surface area contributed by atoms with Gasteiger partial charge in [-0.05, 0) is 116 Å². The second-order valence-corrected chi connectivity index (χ2v) is 12.0. The lowest BCUT2D eigenvalue weighted by molar-refractivity contribution is -0.143. The van der Waals surface area contributed by atoms with Gasteiger partial charge in [0.2, 0.25) is 0 Å². The molecule has 2 aromatic carbocycles. The summed E-state index contributed by atoms with van der Waals surface area (Å²) in [7, 11) is 0. The van der Waals surface area contributed by atoms with E-state index in [2.05, 4.69) is 52.7 Å². The zero-order valence-electron chi connectivity index (χ0n) is 19.8. The van der Waals surface area contributed by atoms with Crippen molar-refractivity contribution in [2.75, 3.05) is 18.4 Å². The number of carbonyl (C=O) groups is 1. The van der Waals surface area contributed by atoms with E-state index in [0.29, 0.717) is 12.0 Å². The number of carboxylic acids is 1. The lowest BCUT2D eigenvalue weighted by Crippen LogP contribution is -2.48. The van der Waals surface area contributed by atoms with Crippen LogP contribution in [0.3, 0.4) is 0 Å². The van der Waals surface area contributed by atoms with Gasteiger partial charge in [-0.2, -0.15) is 0 Å². The molecule has 5 fully saturated rings. The van der Waals surface area contributed by atoms with Crippen molar-refractivity contribution in [3.05, 3.63) is 58.6 Å². The molecule has 1 saturated heterocycles. The normalized spacial score (nSPS) is 32.6. The number of carboxylic acid groups (broad SMARTS) is 1. The van der Waals surface area contributed by atoms with Crippen molar-refractivity contribution >= 4 is 28.9 Å². The van der Waals surface area contributed by atoms with Gasteiger partial charge in [-0.25, -0.2) is 0 Å². The molecule has 4 saturated carbocycles. The van der Waals surface area contributed by atoms with Crippen LogP contribution in [-0.2, 0) is 16.8 Å². The van der Waals surface area contributed by atoms with Crippen LogP contribution >= 0.6 is 11.6 Å². The Labute approximate surface area is 207 Å². The number of nitrogens with zero attached hydrogens (tertiary/aromatic N) is 1. The summed E-state index contributed by atoms with van der Waals surface area (Å²) in [6.07, 6.45) is 10.2. The maximum atomic E-state index is 11.3. The summed E-state index contributed by atoms with van der Waals surface area (Å²) in [5.74, 6) is 1.89. The topological polar surface area (TPSA) is 52.6 Å². The molecule has 5 heteroatoms. The van der Waals surface area contributed by atoms with Crippen LogP contribution in [0, 0.1) is 23.7 Å². The summed E-state index contributed by atoms with van der Waals surface area (Å²) in [5, 5.41) is 13.6. The van der Waals surface area contributed by atoms with Gasteiger partial charge in [-0.3, -0.25) is 9.69 Å². The molecule has 4 nitrogen and oxygen atoms in total. The molecule has 4 aliphatic carbocycles. The molecule has 1 aliphatic heterocycles. The number of rotatable bonds is 6. The first-order chi connectivity index (χ1) is 16.5. The molecule has 0 radical (unpaired) electrons. The van der Waals surface area contributed by atoms with Crippen molar-refractivity contribution in [1.29, 1.82) is 0 Å². The fraction of sp³-hybridized carbons (Fsp3) is 0.552. The van der Waals surface area contributed by atoms with Crippen LogP contribution in [0.25, 0.3) is 0 Å². The van der Waals surface area contributed by atoms with E-state index in [1.165, 1.54) is 49.7 Å². The molecule has 2 aromatic rings. The summed E-state index contributed by atoms with van der Waals surface area (Å²) >= 11 is 6.80. The predicted molar refractivity (Wildman–Crippen MR) is 137 cm³/mol. The highest BCUT2D eigenvalue weighted by Crippen LogP contribution is 2.61. The molecule has 1 unspecified atom stereocenters. The fourth-order valence-corrected chi connectivity index (χ4v) is 8.15. The molecule has 0 spiro atoms.